The fourth-order valence-electron chi connectivity index (χ4n) is 3.40. The monoisotopic (exact) mass is 485 g/mol. The molecule has 3 rings (SSSR count). The average molecular weight is 486 g/mol. The first-order valence-electron chi connectivity index (χ1n) is 9.21. The lowest BCUT2D eigenvalue weighted by Gasteiger charge is -2.27. The van der Waals surface area contributed by atoms with Crippen LogP contribution in [0.1, 0.15) is 19.8 Å². The van der Waals surface area contributed by atoms with E-state index in [1.165, 1.54) is 11.8 Å². The molecule has 1 unspecified atom stereocenters. The number of carbonyl (C=O) groups excluding carboxylic acids is 1. The number of rotatable bonds is 7. The van der Waals surface area contributed by atoms with Crippen LogP contribution >= 0.6 is 27.7 Å². The second-order valence-corrected chi connectivity index (χ2v) is 11.0. The van der Waals surface area contributed by atoms with Crippen LogP contribution in [0.25, 0.3) is 11.3 Å². The molecule has 1 saturated heterocycles. The second-order valence-electron chi connectivity index (χ2n) is 6.92. The van der Waals surface area contributed by atoms with Gasteiger partial charge in [-0.3, -0.25) is 4.79 Å². The normalized spacial score (nSPS) is 18.3. The van der Waals surface area contributed by atoms with Crippen LogP contribution in [0.2, 0.25) is 0 Å². The van der Waals surface area contributed by atoms with Gasteiger partial charge in [0.05, 0.1) is 29.1 Å². The molecule has 2 aromatic rings. The van der Waals surface area contributed by atoms with E-state index in [-0.39, 0.29) is 29.2 Å². The summed E-state index contributed by atoms with van der Waals surface area (Å²) in [7, 11) is -1.08. The van der Waals surface area contributed by atoms with Crippen LogP contribution in [0.5, 0.6) is 0 Å². The summed E-state index contributed by atoms with van der Waals surface area (Å²) in [5, 5.41) is 0.766. The summed E-state index contributed by atoms with van der Waals surface area (Å²) in [4.78, 5) is 19.0. The van der Waals surface area contributed by atoms with E-state index in [2.05, 4.69) is 20.9 Å². The predicted octanol–water partition coefficient (Wildman–Crippen LogP) is 3.37. The highest BCUT2D eigenvalue weighted by Crippen LogP contribution is 2.27. The topological polar surface area (TPSA) is 72.3 Å². The molecule has 6 nitrogen and oxygen atoms in total. The molecule has 1 aromatic heterocycles. The number of aromatic nitrogens is 2. The van der Waals surface area contributed by atoms with Gasteiger partial charge in [-0.15, -0.1) is 0 Å². The number of hydrogen-bond donors (Lipinski definition) is 0. The van der Waals surface area contributed by atoms with Gasteiger partial charge in [-0.2, -0.15) is 0 Å². The number of halogens is 1. The van der Waals surface area contributed by atoms with Crippen molar-refractivity contribution in [3.63, 3.8) is 0 Å². The van der Waals surface area contributed by atoms with E-state index < -0.39 is 9.84 Å². The molecule has 1 aliphatic rings. The van der Waals surface area contributed by atoms with Gasteiger partial charge in [0, 0.05) is 24.1 Å². The zero-order chi connectivity index (χ0) is 20.3. The molecule has 0 N–H and O–H groups in total. The smallest absolute Gasteiger partial charge is 0.233 e. The van der Waals surface area contributed by atoms with Gasteiger partial charge < -0.3 is 9.47 Å². The maximum Gasteiger partial charge on any atom is 0.233 e. The Hall–Kier alpha value is -1.32. The Balaban J connectivity index is 1.67. The zero-order valence-electron chi connectivity index (χ0n) is 16.0. The summed E-state index contributed by atoms with van der Waals surface area (Å²) in [5.41, 5.74) is 2.04. The van der Waals surface area contributed by atoms with Crippen LogP contribution in [0.3, 0.4) is 0 Å². The third-order valence-corrected chi connectivity index (χ3v) is 8.15. The quantitative estimate of drug-likeness (QED) is 0.562. The first-order chi connectivity index (χ1) is 13.3. The molecule has 9 heteroatoms. The van der Waals surface area contributed by atoms with E-state index in [1.807, 2.05) is 49.0 Å². The van der Waals surface area contributed by atoms with Crippen molar-refractivity contribution < 1.29 is 13.2 Å². The Morgan fingerprint density at radius 1 is 1.36 bits per heavy atom. The van der Waals surface area contributed by atoms with Crippen molar-refractivity contribution in [1.82, 2.24) is 14.5 Å². The van der Waals surface area contributed by atoms with Crippen molar-refractivity contribution in [2.45, 2.75) is 31.0 Å². The van der Waals surface area contributed by atoms with Crippen molar-refractivity contribution >= 4 is 43.4 Å². The summed E-state index contributed by atoms with van der Waals surface area (Å²) in [5.74, 6) is 0.483. The predicted molar refractivity (Wildman–Crippen MR) is 116 cm³/mol. The van der Waals surface area contributed by atoms with Crippen molar-refractivity contribution in [3.05, 3.63) is 34.9 Å². The summed E-state index contributed by atoms with van der Waals surface area (Å²) < 4.78 is 26.6. The maximum atomic E-state index is 12.8. The summed E-state index contributed by atoms with van der Waals surface area (Å²) in [6.07, 6.45) is 3.15. The Kier molecular flexibility index (Phi) is 6.88. The van der Waals surface area contributed by atoms with E-state index in [0.29, 0.717) is 13.0 Å². The Morgan fingerprint density at radius 2 is 2.07 bits per heavy atom. The number of hydrogen-bond acceptors (Lipinski definition) is 5. The Bertz CT molecular complexity index is 942. The van der Waals surface area contributed by atoms with Gasteiger partial charge in [-0.05, 0) is 30.5 Å². The molecule has 2 heterocycles. The third-order valence-electron chi connectivity index (χ3n) is 4.84. The molecule has 28 heavy (non-hydrogen) atoms. The minimum atomic E-state index is -3.02. The van der Waals surface area contributed by atoms with Crippen LogP contribution in [0.15, 0.2) is 40.1 Å². The number of benzene rings is 1. The first kappa shape index (κ1) is 21.4. The van der Waals surface area contributed by atoms with E-state index >= 15 is 0 Å². The van der Waals surface area contributed by atoms with E-state index in [0.717, 1.165) is 27.3 Å². The van der Waals surface area contributed by atoms with Crippen LogP contribution in [0.4, 0.5) is 0 Å². The molecular formula is C19H24BrN3O3S2. The largest absolute Gasteiger partial charge is 0.338 e. The van der Waals surface area contributed by atoms with Gasteiger partial charge in [-0.1, -0.05) is 46.7 Å². The molecule has 1 amide bonds. The number of sulfone groups is 1. The second kappa shape index (κ2) is 9.00. The molecule has 0 radical (unpaired) electrons. The highest BCUT2D eigenvalue weighted by molar-refractivity contribution is 9.10. The lowest BCUT2D eigenvalue weighted by molar-refractivity contribution is -0.130. The highest BCUT2D eigenvalue weighted by atomic mass is 79.9. The van der Waals surface area contributed by atoms with Gasteiger partial charge in [0.25, 0.3) is 0 Å². The van der Waals surface area contributed by atoms with Gasteiger partial charge in [0.1, 0.15) is 0 Å². The molecule has 0 saturated carbocycles. The van der Waals surface area contributed by atoms with Crippen LogP contribution in [-0.4, -0.2) is 58.6 Å². The van der Waals surface area contributed by atoms with Gasteiger partial charge >= 0.3 is 0 Å². The molecule has 1 fully saturated rings. The highest BCUT2D eigenvalue weighted by Gasteiger charge is 2.34. The van der Waals surface area contributed by atoms with Crippen molar-refractivity contribution in [3.8, 4) is 11.3 Å². The van der Waals surface area contributed by atoms with Crippen molar-refractivity contribution in [2.24, 2.45) is 7.05 Å². The maximum absolute atomic E-state index is 12.8. The Labute approximate surface area is 178 Å². The minimum Gasteiger partial charge on any atom is -0.338 e. The zero-order valence-corrected chi connectivity index (χ0v) is 19.2. The van der Waals surface area contributed by atoms with E-state index in [1.54, 1.807) is 4.90 Å². The Morgan fingerprint density at radius 3 is 2.68 bits per heavy atom. The molecule has 1 aliphatic heterocycles. The minimum absolute atomic E-state index is 0.0258. The molecule has 1 aromatic carbocycles. The molecule has 1 atom stereocenters. The fourth-order valence-corrected chi connectivity index (χ4v) is 6.23. The van der Waals surface area contributed by atoms with Gasteiger partial charge in [0.2, 0.25) is 5.91 Å². The summed E-state index contributed by atoms with van der Waals surface area (Å²) in [6.45, 7) is 2.59. The molecule has 0 aliphatic carbocycles. The van der Waals surface area contributed by atoms with Crippen molar-refractivity contribution in [2.75, 3.05) is 23.8 Å². The van der Waals surface area contributed by atoms with Crippen LogP contribution in [-0.2, 0) is 21.7 Å². The molecule has 0 bridgehead atoms. The number of thioether (sulfide) groups is 1. The van der Waals surface area contributed by atoms with Gasteiger partial charge in [0.15, 0.2) is 15.0 Å². The number of nitrogens with zero attached hydrogens (tertiary/aromatic N) is 3. The SMILES string of the molecule is CCCN(C(=O)CSc1ncc(-c2ccc(Br)cc2)n1C)C1CCS(=O)(=O)C1. The molecular weight excluding hydrogens is 462 g/mol. The fraction of sp³-hybridized carbons (Fsp3) is 0.474. The van der Waals surface area contributed by atoms with Crippen LogP contribution in [0, 0.1) is 0 Å². The van der Waals surface area contributed by atoms with E-state index in [4.69, 9.17) is 0 Å². The van der Waals surface area contributed by atoms with E-state index in [9.17, 15) is 13.2 Å². The van der Waals surface area contributed by atoms with Crippen LogP contribution < -0.4 is 0 Å². The first-order valence-corrected chi connectivity index (χ1v) is 12.8. The summed E-state index contributed by atoms with van der Waals surface area (Å²) >= 11 is 4.83. The van der Waals surface area contributed by atoms with Gasteiger partial charge in [-0.25, -0.2) is 13.4 Å². The lowest BCUT2D eigenvalue weighted by Crippen LogP contribution is -2.42. The third kappa shape index (κ3) is 4.99. The lowest BCUT2D eigenvalue weighted by atomic mass is 10.2. The summed E-state index contributed by atoms with van der Waals surface area (Å²) in [6, 6.07) is 7.81. The average Bonchev–Trinajstić information content (AvgIpc) is 3.20. The standard InChI is InChI=1S/C19H24BrN3O3S2/c1-3-9-23(16-8-10-28(25,26)13-16)18(24)12-27-19-21-11-17(22(19)2)14-4-6-15(20)7-5-14/h4-7,11,16H,3,8-10,12-13H2,1-2H3. The number of imidazole rings is 1. The number of amides is 1. The van der Waals surface area contributed by atoms with Crippen molar-refractivity contribution in [1.29, 1.82) is 0 Å². The number of carbonyl (C=O) groups is 1. The molecule has 0 spiro atoms. The molecule has 152 valence electrons.